The molecule has 2 heterocycles. The van der Waals surface area contributed by atoms with Crippen LogP contribution < -0.4 is 14.2 Å². The number of hydrogen-bond acceptors (Lipinski definition) is 9. The zero-order valence-corrected chi connectivity index (χ0v) is 20.5. The Kier molecular flexibility index (Phi) is 7.25. The van der Waals surface area contributed by atoms with Gasteiger partial charge in [-0.25, -0.2) is 18.4 Å². The van der Waals surface area contributed by atoms with E-state index in [1.54, 1.807) is 36.4 Å². The molecule has 1 N–H and O–H groups in total. The molecule has 0 saturated heterocycles. The molecule has 0 unspecified atom stereocenters. The monoisotopic (exact) mass is 533 g/mol. The summed E-state index contributed by atoms with van der Waals surface area (Å²) in [5.41, 5.74) is 2.27. The van der Waals surface area contributed by atoms with E-state index in [1.807, 2.05) is 0 Å². The van der Waals surface area contributed by atoms with Crippen molar-refractivity contribution >= 4 is 50.1 Å². The number of ether oxygens (including phenoxy) is 2. The Bertz CT molecular complexity index is 1540. The number of aromatic nitrogens is 3. The molecule has 0 radical (unpaired) electrons. The molecule has 0 saturated carbocycles. The number of hydrogen-bond donors (Lipinski definition) is 1. The van der Waals surface area contributed by atoms with Crippen LogP contribution >= 0.6 is 23.2 Å². The van der Waals surface area contributed by atoms with E-state index in [9.17, 15) is 13.7 Å². The van der Waals surface area contributed by atoms with Crippen LogP contribution in [0.25, 0.3) is 22.2 Å². The van der Waals surface area contributed by atoms with E-state index in [2.05, 4.69) is 25.9 Å². The minimum absolute atomic E-state index is 0.0431. The summed E-state index contributed by atoms with van der Waals surface area (Å²) in [6.45, 7) is 0.286. The number of halogens is 2. The predicted molar refractivity (Wildman–Crippen MR) is 130 cm³/mol. The highest BCUT2D eigenvalue weighted by Crippen LogP contribution is 2.37. The van der Waals surface area contributed by atoms with Crippen LogP contribution in [0.15, 0.2) is 47.1 Å². The van der Waals surface area contributed by atoms with Crippen molar-refractivity contribution in [2.75, 3.05) is 23.5 Å². The maximum absolute atomic E-state index is 11.4. The van der Waals surface area contributed by atoms with Crippen LogP contribution in [0.1, 0.15) is 11.3 Å². The van der Waals surface area contributed by atoms with E-state index >= 15 is 0 Å². The Morgan fingerprint density at radius 2 is 2.03 bits per heavy atom. The van der Waals surface area contributed by atoms with Gasteiger partial charge in [0.1, 0.15) is 30.7 Å². The number of nitriles is 1. The molecule has 2 aromatic carbocycles. The minimum Gasteiger partial charge on any atom is -0.489 e. The summed E-state index contributed by atoms with van der Waals surface area (Å²) in [6, 6.07) is 12.1. The quantitative estimate of drug-likeness (QED) is 0.310. The van der Waals surface area contributed by atoms with Gasteiger partial charge in [-0.2, -0.15) is 5.26 Å². The van der Waals surface area contributed by atoms with Crippen LogP contribution in [-0.4, -0.2) is 42.3 Å². The summed E-state index contributed by atoms with van der Waals surface area (Å²) in [4.78, 5) is 7.98. The standard InChI is InChI=1S/C22H17Cl2N5O5S/c1-35(30,31)29-22-26-6-4-15(27-22)12-33-16-2-3-17-19(10-16)34-28-20(17)13-8-14(11-25)21(18(24)9-13)32-7-5-23/h2-4,6,8-10H,5,7,12H2,1H3,(H,26,27,29). The second-order valence-electron chi connectivity index (χ2n) is 7.21. The highest BCUT2D eigenvalue weighted by Gasteiger charge is 2.17. The van der Waals surface area contributed by atoms with Crippen molar-refractivity contribution in [3.05, 3.63) is 58.9 Å². The molecule has 0 aliphatic heterocycles. The molecule has 0 spiro atoms. The number of anilines is 1. The largest absolute Gasteiger partial charge is 0.489 e. The lowest BCUT2D eigenvalue weighted by Crippen LogP contribution is -2.13. The van der Waals surface area contributed by atoms with Crippen molar-refractivity contribution in [1.29, 1.82) is 5.26 Å². The number of nitrogens with one attached hydrogen (secondary N) is 1. The summed E-state index contributed by atoms with van der Waals surface area (Å²) in [5, 5.41) is 14.6. The van der Waals surface area contributed by atoms with Gasteiger partial charge in [0.05, 0.1) is 28.4 Å². The van der Waals surface area contributed by atoms with Crippen molar-refractivity contribution in [2.24, 2.45) is 0 Å². The van der Waals surface area contributed by atoms with Gasteiger partial charge < -0.3 is 14.0 Å². The molecule has 180 valence electrons. The smallest absolute Gasteiger partial charge is 0.236 e. The Labute approximate surface area is 210 Å². The number of rotatable bonds is 9. The van der Waals surface area contributed by atoms with E-state index in [0.29, 0.717) is 33.7 Å². The highest BCUT2D eigenvalue weighted by molar-refractivity contribution is 7.91. The fourth-order valence-corrected chi connectivity index (χ4v) is 3.95. The predicted octanol–water partition coefficient (Wildman–Crippen LogP) is 4.38. The molecule has 0 aliphatic rings. The SMILES string of the molecule is CS(=O)(=O)Nc1nccc(COc2ccc3c(-c4cc(Cl)c(OCCCl)c(C#N)c4)noc3c2)n1. The van der Waals surface area contributed by atoms with Crippen LogP contribution in [-0.2, 0) is 16.6 Å². The maximum Gasteiger partial charge on any atom is 0.236 e. The first-order valence-electron chi connectivity index (χ1n) is 10.0. The Balaban J connectivity index is 1.55. The van der Waals surface area contributed by atoms with Crippen molar-refractivity contribution < 1.29 is 22.4 Å². The normalized spacial score (nSPS) is 11.3. The Hall–Kier alpha value is -3.59. The number of alkyl halides is 1. The van der Waals surface area contributed by atoms with Gasteiger partial charge in [-0.3, -0.25) is 4.72 Å². The van der Waals surface area contributed by atoms with E-state index in [0.717, 1.165) is 6.26 Å². The molecule has 0 atom stereocenters. The summed E-state index contributed by atoms with van der Waals surface area (Å²) in [5.74, 6) is 0.967. The van der Waals surface area contributed by atoms with Crippen molar-refractivity contribution in [1.82, 2.24) is 15.1 Å². The zero-order valence-electron chi connectivity index (χ0n) is 18.2. The molecule has 13 heteroatoms. The summed E-state index contributed by atoms with van der Waals surface area (Å²) in [6.07, 6.45) is 2.44. The van der Waals surface area contributed by atoms with Crippen molar-refractivity contribution in [3.63, 3.8) is 0 Å². The second-order valence-corrected chi connectivity index (χ2v) is 9.74. The molecular weight excluding hydrogens is 517 g/mol. The molecule has 2 aromatic heterocycles. The number of nitrogens with zero attached hydrogens (tertiary/aromatic N) is 4. The zero-order chi connectivity index (χ0) is 25.0. The third kappa shape index (κ3) is 5.92. The van der Waals surface area contributed by atoms with E-state index in [4.69, 9.17) is 37.2 Å². The molecule has 4 aromatic rings. The molecule has 0 fully saturated rings. The van der Waals surface area contributed by atoms with E-state index < -0.39 is 10.0 Å². The summed E-state index contributed by atoms with van der Waals surface area (Å²) in [7, 11) is -3.49. The van der Waals surface area contributed by atoms with Gasteiger partial charge in [0, 0.05) is 23.2 Å². The van der Waals surface area contributed by atoms with Crippen molar-refractivity contribution in [3.8, 4) is 28.8 Å². The topological polar surface area (TPSA) is 140 Å². The molecule has 35 heavy (non-hydrogen) atoms. The van der Waals surface area contributed by atoms with Gasteiger partial charge in [0.25, 0.3) is 0 Å². The lowest BCUT2D eigenvalue weighted by Gasteiger charge is -2.10. The molecule has 0 amide bonds. The summed E-state index contributed by atoms with van der Waals surface area (Å²) >= 11 is 12.0. The average Bonchev–Trinajstić information content (AvgIpc) is 3.24. The average molecular weight is 534 g/mol. The van der Waals surface area contributed by atoms with Crippen LogP contribution in [0, 0.1) is 11.3 Å². The van der Waals surface area contributed by atoms with Gasteiger partial charge in [-0.1, -0.05) is 16.8 Å². The first-order chi connectivity index (χ1) is 16.8. The molecule has 0 bridgehead atoms. The lowest BCUT2D eigenvalue weighted by atomic mass is 10.0. The first kappa shape index (κ1) is 24.5. The van der Waals surface area contributed by atoms with Crippen molar-refractivity contribution in [2.45, 2.75) is 6.61 Å². The maximum atomic E-state index is 11.4. The van der Waals surface area contributed by atoms with Gasteiger partial charge in [-0.05, 0) is 30.3 Å². The summed E-state index contributed by atoms with van der Waals surface area (Å²) < 4.78 is 41.7. The Morgan fingerprint density at radius 1 is 1.20 bits per heavy atom. The van der Waals surface area contributed by atoms with Crippen LogP contribution in [0.5, 0.6) is 11.5 Å². The number of fused-ring (bicyclic) bond motifs is 1. The fourth-order valence-electron chi connectivity index (χ4n) is 3.17. The van der Waals surface area contributed by atoms with E-state index in [1.165, 1.54) is 6.20 Å². The van der Waals surface area contributed by atoms with Crippen LogP contribution in [0.3, 0.4) is 0 Å². The first-order valence-corrected chi connectivity index (χ1v) is 12.8. The Morgan fingerprint density at radius 3 is 2.77 bits per heavy atom. The fraction of sp³-hybridized carbons (Fsp3) is 0.182. The molecular formula is C22H17Cl2N5O5S. The second kappa shape index (κ2) is 10.4. The van der Waals surface area contributed by atoms with Gasteiger partial charge in [-0.15, -0.1) is 11.6 Å². The third-order valence-electron chi connectivity index (χ3n) is 4.58. The lowest BCUT2D eigenvalue weighted by molar-refractivity contribution is 0.301. The van der Waals surface area contributed by atoms with Crippen LogP contribution in [0.2, 0.25) is 5.02 Å². The third-order valence-corrected chi connectivity index (χ3v) is 5.57. The minimum atomic E-state index is -3.49. The van der Waals surface area contributed by atoms with E-state index in [-0.39, 0.29) is 41.4 Å². The highest BCUT2D eigenvalue weighted by atomic mass is 35.5. The molecule has 4 rings (SSSR count). The van der Waals surface area contributed by atoms with Gasteiger partial charge >= 0.3 is 0 Å². The molecule has 10 nitrogen and oxygen atoms in total. The van der Waals surface area contributed by atoms with Gasteiger partial charge in [0.15, 0.2) is 11.3 Å². The number of benzene rings is 2. The van der Waals surface area contributed by atoms with Crippen LogP contribution in [0.4, 0.5) is 5.95 Å². The van der Waals surface area contributed by atoms with Gasteiger partial charge in [0.2, 0.25) is 16.0 Å². The molecule has 0 aliphatic carbocycles. The number of sulfonamides is 1.